The second-order valence-corrected chi connectivity index (χ2v) is 18.3. The SMILES string of the molecule is C=C[C@H]1C[C@]1(NC(=O)[C@@H]1C[C@@H]2CN1C(=O)[C@H](C1CCCCC1)CC(=O)O[C@H]1CCC[C@@H]1C/C=C/c1ccc3ccnc(c3c1)O2)C(=O)NS(=O)(=O)C1CC1. The van der Waals surface area contributed by atoms with E-state index in [-0.39, 0.29) is 49.7 Å². The van der Waals surface area contributed by atoms with E-state index in [1.54, 1.807) is 12.3 Å². The van der Waals surface area contributed by atoms with E-state index in [1.165, 1.54) is 4.90 Å². The first-order valence-corrected chi connectivity index (χ1v) is 21.3. The Kier molecular flexibility index (Phi) is 10.0. The molecular weight excluding hydrogens is 709 g/mol. The van der Waals surface area contributed by atoms with Crippen LogP contribution in [0.5, 0.6) is 5.88 Å². The molecule has 1 saturated heterocycles. The fourth-order valence-electron chi connectivity index (χ4n) is 9.32. The summed E-state index contributed by atoms with van der Waals surface area (Å²) in [6.45, 7) is 3.88. The van der Waals surface area contributed by atoms with Crippen molar-refractivity contribution in [3.05, 3.63) is 54.8 Å². The van der Waals surface area contributed by atoms with Crippen molar-refractivity contribution in [2.24, 2.45) is 23.7 Å². The number of carbonyl (C=O) groups excluding carboxylic acids is 4. The molecule has 4 bridgehead atoms. The Morgan fingerprint density at radius 1 is 0.981 bits per heavy atom. The van der Waals surface area contributed by atoms with Crippen molar-refractivity contribution in [3.63, 3.8) is 0 Å². The number of ether oxygens (including phenoxy) is 2. The van der Waals surface area contributed by atoms with Crippen molar-refractivity contribution < 1.29 is 37.1 Å². The topological polar surface area (TPSA) is 161 Å². The molecule has 3 heterocycles. The van der Waals surface area contributed by atoms with E-state index in [0.717, 1.165) is 74.1 Å². The number of benzene rings is 1. The zero-order valence-electron chi connectivity index (χ0n) is 30.6. The molecule has 5 fully saturated rings. The van der Waals surface area contributed by atoms with Gasteiger partial charge >= 0.3 is 5.97 Å². The van der Waals surface area contributed by atoms with E-state index in [4.69, 9.17) is 9.47 Å². The number of nitrogens with one attached hydrogen (secondary N) is 2. The quantitative estimate of drug-likeness (QED) is 0.294. The van der Waals surface area contributed by atoms with Crippen LogP contribution in [0, 0.1) is 23.7 Å². The zero-order chi connectivity index (χ0) is 37.6. The number of pyridine rings is 1. The monoisotopic (exact) mass is 758 g/mol. The minimum Gasteiger partial charge on any atom is -0.472 e. The van der Waals surface area contributed by atoms with E-state index < -0.39 is 62.6 Å². The predicted octanol–water partition coefficient (Wildman–Crippen LogP) is 4.97. The van der Waals surface area contributed by atoms with Gasteiger partial charge in [0.05, 0.1) is 24.1 Å². The Balaban J connectivity index is 1.13. The van der Waals surface area contributed by atoms with Gasteiger partial charge in [0.2, 0.25) is 27.7 Å². The van der Waals surface area contributed by atoms with Gasteiger partial charge in [-0.3, -0.25) is 23.9 Å². The summed E-state index contributed by atoms with van der Waals surface area (Å²) in [4.78, 5) is 62.8. The molecule has 12 nitrogen and oxygen atoms in total. The van der Waals surface area contributed by atoms with E-state index in [9.17, 15) is 27.6 Å². The van der Waals surface area contributed by atoms with Gasteiger partial charge in [0.15, 0.2) is 0 Å². The number of hydrogen-bond acceptors (Lipinski definition) is 9. The Morgan fingerprint density at radius 3 is 2.54 bits per heavy atom. The number of hydrogen-bond donors (Lipinski definition) is 2. The van der Waals surface area contributed by atoms with Crippen LogP contribution in [-0.2, 0) is 33.9 Å². The summed E-state index contributed by atoms with van der Waals surface area (Å²) in [7, 11) is -3.87. The van der Waals surface area contributed by atoms with Gasteiger partial charge in [-0.1, -0.05) is 49.6 Å². The lowest BCUT2D eigenvalue weighted by Crippen LogP contribution is -2.57. The van der Waals surface area contributed by atoms with Crippen LogP contribution in [0.1, 0.15) is 95.5 Å². The van der Waals surface area contributed by atoms with Crippen LogP contribution in [-0.4, -0.2) is 77.6 Å². The van der Waals surface area contributed by atoms with Crippen molar-refractivity contribution in [1.82, 2.24) is 19.9 Å². The Hall–Kier alpha value is -4.26. The Morgan fingerprint density at radius 2 is 1.78 bits per heavy atom. The van der Waals surface area contributed by atoms with Gasteiger partial charge in [-0.2, -0.15) is 0 Å². The minimum absolute atomic E-state index is 0.0492. The number of aromatic nitrogens is 1. The molecule has 2 aromatic rings. The third-order valence-corrected chi connectivity index (χ3v) is 14.5. The summed E-state index contributed by atoms with van der Waals surface area (Å²) in [5, 5.41) is 4.00. The first-order valence-electron chi connectivity index (χ1n) is 19.8. The molecule has 13 heteroatoms. The van der Waals surface area contributed by atoms with Crippen LogP contribution in [0.2, 0.25) is 0 Å². The van der Waals surface area contributed by atoms with Gasteiger partial charge in [-0.25, -0.2) is 13.4 Å². The van der Waals surface area contributed by atoms with E-state index in [0.29, 0.717) is 18.7 Å². The maximum absolute atomic E-state index is 14.9. The standard InChI is InChI=1S/C41H50N4O8S/c1-2-29-23-41(29,40(49)44-54(50,51)31-16-17-31)43-37(47)34-21-30-24-45(34)39(48)33(26-9-4-3-5-10-26)22-36(46)53-35-13-7-12-28(35)11-6-8-25-14-15-27-18-19-42-38(52-30)32(27)20-25/h2,6,8,14-15,18-20,26,28-31,33-35H,1,3-5,7,9-13,16-17,21-24H2,(H,43,47)(H,44,49)/b8-6+/t28-,29-,30+,33-,34-,35-,41+/m0/s1. The summed E-state index contributed by atoms with van der Waals surface area (Å²) in [5.41, 5.74) is -0.538. The largest absolute Gasteiger partial charge is 0.472 e. The first kappa shape index (κ1) is 36.7. The number of sulfonamides is 1. The molecule has 2 aliphatic heterocycles. The zero-order valence-corrected chi connectivity index (χ0v) is 31.4. The summed E-state index contributed by atoms with van der Waals surface area (Å²) in [6.07, 6.45) is 15.8. The number of fused-ring (bicyclic) bond motifs is 4. The van der Waals surface area contributed by atoms with Gasteiger partial charge in [0.25, 0.3) is 5.91 Å². The van der Waals surface area contributed by atoms with Crippen LogP contribution in [0.4, 0.5) is 0 Å². The molecule has 1 aromatic carbocycles. The molecule has 0 spiro atoms. The van der Waals surface area contributed by atoms with Gasteiger partial charge in [-0.05, 0) is 92.7 Å². The van der Waals surface area contributed by atoms with Crippen molar-refractivity contribution in [1.29, 1.82) is 0 Å². The van der Waals surface area contributed by atoms with Crippen molar-refractivity contribution in [3.8, 4) is 5.88 Å². The number of esters is 1. The lowest BCUT2D eigenvalue weighted by Gasteiger charge is -2.34. The second-order valence-electron chi connectivity index (χ2n) is 16.3. The van der Waals surface area contributed by atoms with E-state index in [2.05, 4.69) is 33.8 Å². The van der Waals surface area contributed by atoms with Crippen molar-refractivity contribution in [2.75, 3.05) is 6.54 Å². The molecule has 4 aliphatic carbocycles. The third-order valence-electron chi connectivity index (χ3n) is 12.7. The highest BCUT2D eigenvalue weighted by Crippen LogP contribution is 2.46. The summed E-state index contributed by atoms with van der Waals surface area (Å²) < 4.78 is 40.4. The molecule has 288 valence electrons. The maximum atomic E-state index is 14.9. The Labute approximate surface area is 316 Å². The third kappa shape index (κ3) is 7.40. The number of allylic oxidation sites excluding steroid dienone is 1. The number of carbonyl (C=O) groups is 4. The van der Waals surface area contributed by atoms with Gasteiger partial charge in [0, 0.05) is 23.9 Å². The van der Waals surface area contributed by atoms with Gasteiger partial charge in [-0.15, -0.1) is 6.58 Å². The molecule has 0 unspecified atom stereocenters. The second kappa shape index (κ2) is 14.8. The van der Waals surface area contributed by atoms with Crippen molar-refractivity contribution in [2.45, 2.75) is 119 Å². The highest BCUT2D eigenvalue weighted by atomic mass is 32.2. The summed E-state index contributed by atoms with van der Waals surface area (Å²) in [6, 6.07) is 6.93. The van der Waals surface area contributed by atoms with Crippen LogP contribution in [0.3, 0.4) is 0 Å². The fraction of sp³-hybridized carbons (Fsp3) is 0.585. The average Bonchev–Trinajstić information content (AvgIpc) is 4.06. The van der Waals surface area contributed by atoms with Crippen LogP contribution in [0.15, 0.2) is 49.2 Å². The minimum atomic E-state index is -3.87. The molecule has 6 aliphatic rings. The number of amides is 3. The Bertz CT molecular complexity index is 1970. The maximum Gasteiger partial charge on any atom is 0.306 e. The highest BCUT2D eigenvalue weighted by Gasteiger charge is 2.62. The lowest BCUT2D eigenvalue weighted by atomic mass is 9.77. The molecule has 1 aromatic heterocycles. The highest BCUT2D eigenvalue weighted by molar-refractivity contribution is 7.91. The average molecular weight is 759 g/mol. The normalized spacial score (nSPS) is 32.5. The van der Waals surface area contributed by atoms with Crippen LogP contribution >= 0.6 is 0 Å². The van der Waals surface area contributed by atoms with Crippen molar-refractivity contribution >= 4 is 50.6 Å². The molecule has 2 N–H and O–H groups in total. The number of rotatable bonds is 7. The number of nitrogens with zero attached hydrogens (tertiary/aromatic N) is 2. The van der Waals surface area contributed by atoms with Crippen LogP contribution < -0.4 is 14.8 Å². The fourth-order valence-corrected chi connectivity index (χ4v) is 10.7. The summed E-state index contributed by atoms with van der Waals surface area (Å²) in [5.74, 6) is -2.73. The molecule has 8 rings (SSSR count). The van der Waals surface area contributed by atoms with E-state index in [1.807, 2.05) is 24.3 Å². The molecule has 4 saturated carbocycles. The lowest BCUT2D eigenvalue weighted by molar-refractivity contribution is -0.157. The van der Waals surface area contributed by atoms with Gasteiger partial charge < -0.3 is 19.7 Å². The van der Waals surface area contributed by atoms with E-state index >= 15 is 0 Å². The molecule has 7 atom stereocenters. The molecule has 54 heavy (non-hydrogen) atoms. The van der Waals surface area contributed by atoms with Gasteiger partial charge in [0.1, 0.15) is 23.8 Å². The predicted molar refractivity (Wildman–Crippen MR) is 201 cm³/mol. The molecule has 3 amide bonds. The molecule has 0 radical (unpaired) electrons. The smallest absolute Gasteiger partial charge is 0.306 e. The molecular formula is C41H50N4O8S. The first-order chi connectivity index (χ1) is 26.0. The summed E-state index contributed by atoms with van der Waals surface area (Å²) >= 11 is 0. The van der Waals surface area contributed by atoms with Crippen LogP contribution in [0.25, 0.3) is 16.8 Å².